The Morgan fingerprint density at radius 2 is 1.28 bits per heavy atom. The molecule has 0 bridgehead atoms. The van der Waals surface area contributed by atoms with Gasteiger partial charge in [0.15, 0.2) is 0 Å². The van der Waals surface area contributed by atoms with Crippen molar-refractivity contribution in [1.82, 2.24) is 9.80 Å². The van der Waals surface area contributed by atoms with E-state index in [0.29, 0.717) is 38.4 Å². The lowest BCUT2D eigenvalue weighted by Gasteiger charge is -2.20. The number of nitrogens with zero attached hydrogens (tertiary/aromatic N) is 2. The fraction of sp³-hybridized carbons (Fsp3) is 0.786. The molecular formula is C28H46N2O6. The van der Waals surface area contributed by atoms with Crippen LogP contribution in [0.4, 0.5) is 0 Å². The maximum atomic E-state index is 12.0. The fourth-order valence-electron chi connectivity index (χ4n) is 4.59. The minimum Gasteiger partial charge on any atom is -0.466 e. The molecule has 2 aliphatic rings. The van der Waals surface area contributed by atoms with Crippen molar-refractivity contribution in [3.05, 3.63) is 12.2 Å². The van der Waals surface area contributed by atoms with E-state index in [-0.39, 0.29) is 24.3 Å². The van der Waals surface area contributed by atoms with E-state index in [2.05, 4.69) is 0 Å². The molecule has 0 aromatic rings. The van der Waals surface area contributed by atoms with Crippen LogP contribution in [0.5, 0.6) is 0 Å². The van der Waals surface area contributed by atoms with Crippen molar-refractivity contribution in [3.63, 3.8) is 0 Å². The van der Waals surface area contributed by atoms with Gasteiger partial charge >= 0.3 is 11.9 Å². The highest BCUT2D eigenvalue weighted by molar-refractivity contribution is 5.82. The second-order valence-electron chi connectivity index (χ2n) is 9.83. The molecule has 204 valence electrons. The lowest BCUT2D eigenvalue weighted by atomic mass is 10.2. The first kappa shape index (κ1) is 29.8. The number of carbonyl (C=O) groups is 4. The van der Waals surface area contributed by atoms with Gasteiger partial charge in [0, 0.05) is 51.5 Å². The summed E-state index contributed by atoms with van der Waals surface area (Å²) < 4.78 is 10.4. The predicted molar refractivity (Wildman–Crippen MR) is 138 cm³/mol. The molecule has 2 aliphatic heterocycles. The first-order chi connectivity index (χ1) is 17.6. The zero-order valence-electron chi connectivity index (χ0n) is 22.1. The van der Waals surface area contributed by atoms with Gasteiger partial charge in [-0.3, -0.25) is 14.4 Å². The standard InChI is InChI=1S/C28H46N2O6/c31-25-15-6-5-11-21-29(25)19-9-1-3-12-23-35-27(33)17-7-8-18-28(34)36-24-13-4-2-10-20-30-22-14-16-26(30)32/h7,17H,1-6,8-16,18-24H2/b17-7-. The summed E-state index contributed by atoms with van der Waals surface area (Å²) in [6.07, 6.45) is 17.0. The third kappa shape index (κ3) is 13.6. The summed E-state index contributed by atoms with van der Waals surface area (Å²) in [5, 5.41) is 0. The summed E-state index contributed by atoms with van der Waals surface area (Å²) in [5.41, 5.74) is 0. The number of amides is 2. The van der Waals surface area contributed by atoms with E-state index >= 15 is 0 Å². The second-order valence-corrected chi connectivity index (χ2v) is 9.83. The summed E-state index contributed by atoms with van der Waals surface area (Å²) in [7, 11) is 0. The van der Waals surface area contributed by atoms with Crippen LogP contribution in [0, 0.1) is 0 Å². The largest absolute Gasteiger partial charge is 0.466 e. The van der Waals surface area contributed by atoms with E-state index in [0.717, 1.165) is 103 Å². The van der Waals surface area contributed by atoms with Crippen molar-refractivity contribution in [3.8, 4) is 0 Å². The Hall–Kier alpha value is -2.38. The molecule has 36 heavy (non-hydrogen) atoms. The third-order valence-electron chi connectivity index (χ3n) is 6.76. The van der Waals surface area contributed by atoms with Crippen molar-refractivity contribution >= 4 is 23.8 Å². The Kier molecular flexibility index (Phi) is 15.6. The summed E-state index contributed by atoms with van der Waals surface area (Å²) >= 11 is 0. The number of rotatable bonds is 18. The number of ether oxygens (including phenoxy) is 2. The van der Waals surface area contributed by atoms with Crippen LogP contribution in [0.2, 0.25) is 0 Å². The maximum Gasteiger partial charge on any atom is 0.330 e. The molecule has 2 heterocycles. The lowest BCUT2D eigenvalue weighted by molar-refractivity contribution is -0.144. The van der Waals surface area contributed by atoms with E-state index in [1.807, 2.05) is 9.80 Å². The Balaban J connectivity index is 1.35. The Morgan fingerprint density at radius 1 is 0.694 bits per heavy atom. The molecule has 0 aromatic heterocycles. The van der Waals surface area contributed by atoms with E-state index < -0.39 is 0 Å². The lowest BCUT2D eigenvalue weighted by Crippen LogP contribution is -2.31. The molecule has 0 saturated carbocycles. The fourth-order valence-corrected chi connectivity index (χ4v) is 4.59. The molecular weight excluding hydrogens is 460 g/mol. The van der Waals surface area contributed by atoms with E-state index in [4.69, 9.17) is 9.47 Å². The van der Waals surface area contributed by atoms with E-state index in [1.54, 1.807) is 6.08 Å². The first-order valence-corrected chi connectivity index (χ1v) is 14.1. The maximum absolute atomic E-state index is 12.0. The molecule has 0 aromatic carbocycles. The number of hydrogen-bond acceptors (Lipinski definition) is 6. The summed E-state index contributed by atoms with van der Waals surface area (Å²) in [5.74, 6) is -0.0665. The summed E-state index contributed by atoms with van der Waals surface area (Å²) in [6.45, 7) is 4.28. The zero-order chi connectivity index (χ0) is 25.8. The van der Waals surface area contributed by atoms with Crippen molar-refractivity contribution in [2.75, 3.05) is 39.4 Å². The van der Waals surface area contributed by atoms with Crippen LogP contribution in [-0.2, 0) is 28.7 Å². The molecule has 0 spiro atoms. The Labute approximate surface area is 216 Å². The molecule has 0 aliphatic carbocycles. The molecule has 2 saturated heterocycles. The third-order valence-corrected chi connectivity index (χ3v) is 6.76. The van der Waals surface area contributed by atoms with Crippen LogP contribution in [0.1, 0.15) is 103 Å². The topological polar surface area (TPSA) is 93.2 Å². The van der Waals surface area contributed by atoms with E-state index in [9.17, 15) is 19.2 Å². The second kappa shape index (κ2) is 18.8. The number of carbonyl (C=O) groups excluding carboxylic acids is 4. The number of esters is 2. The quantitative estimate of drug-likeness (QED) is 0.154. The smallest absolute Gasteiger partial charge is 0.330 e. The summed E-state index contributed by atoms with van der Waals surface area (Å²) in [4.78, 5) is 51.0. The molecule has 0 atom stereocenters. The van der Waals surface area contributed by atoms with Crippen molar-refractivity contribution < 1.29 is 28.7 Å². The van der Waals surface area contributed by atoms with Gasteiger partial charge in [-0.05, 0) is 64.2 Å². The average molecular weight is 507 g/mol. The Bertz CT molecular complexity index is 708. The minimum absolute atomic E-state index is 0.250. The van der Waals surface area contributed by atoms with Gasteiger partial charge in [0.25, 0.3) is 0 Å². The molecule has 0 N–H and O–H groups in total. The first-order valence-electron chi connectivity index (χ1n) is 14.1. The molecule has 0 radical (unpaired) electrons. The molecule has 2 fully saturated rings. The van der Waals surface area contributed by atoms with Gasteiger partial charge in [0.1, 0.15) is 0 Å². The van der Waals surface area contributed by atoms with Crippen LogP contribution in [-0.4, -0.2) is 72.9 Å². The highest BCUT2D eigenvalue weighted by Gasteiger charge is 2.19. The number of hydrogen-bond donors (Lipinski definition) is 0. The molecule has 8 heteroatoms. The minimum atomic E-state index is -0.380. The number of unbranched alkanes of at least 4 members (excludes halogenated alkanes) is 6. The molecule has 2 rings (SSSR count). The van der Waals surface area contributed by atoms with Gasteiger partial charge in [-0.15, -0.1) is 0 Å². The SMILES string of the molecule is O=C(/C=C\CCC(=O)OCCCCCCN1CCCC1=O)OCCCCCCN1CCCCCC1=O. The zero-order valence-corrected chi connectivity index (χ0v) is 22.1. The van der Waals surface area contributed by atoms with Crippen LogP contribution in [0.25, 0.3) is 0 Å². The van der Waals surface area contributed by atoms with Crippen LogP contribution in [0.3, 0.4) is 0 Å². The van der Waals surface area contributed by atoms with Gasteiger partial charge in [-0.1, -0.05) is 25.3 Å². The van der Waals surface area contributed by atoms with Crippen molar-refractivity contribution in [2.45, 2.75) is 103 Å². The van der Waals surface area contributed by atoms with Crippen molar-refractivity contribution in [2.24, 2.45) is 0 Å². The number of likely N-dealkylation sites (tertiary alicyclic amines) is 2. The van der Waals surface area contributed by atoms with Crippen LogP contribution in [0.15, 0.2) is 12.2 Å². The predicted octanol–water partition coefficient (Wildman–Crippen LogP) is 4.56. The van der Waals surface area contributed by atoms with Gasteiger partial charge in [-0.25, -0.2) is 4.79 Å². The van der Waals surface area contributed by atoms with Crippen LogP contribution < -0.4 is 0 Å². The monoisotopic (exact) mass is 506 g/mol. The highest BCUT2D eigenvalue weighted by atomic mass is 16.5. The van der Waals surface area contributed by atoms with E-state index in [1.165, 1.54) is 6.08 Å². The number of allylic oxidation sites excluding steroid dienone is 1. The van der Waals surface area contributed by atoms with Crippen molar-refractivity contribution in [1.29, 1.82) is 0 Å². The summed E-state index contributed by atoms with van der Waals surface area (Å²) in [6, 6.07) is 0. The van der Waals surface area contributed by atoms with Gasteiger partial charge in [0.2, 0.25) is 11.8 Å². The molecule has 2 amide bonds. The van der Waals surface area contributed by atoms with Gasteiger partial charge < -0.3 is 19.3 Å². The highest BCUT2D eigenvalue weighted by Crippen LogP contribution is 2.13. The van der Waals surface area contributed by atoms with Crippen LogP contribution >= 0.6 is 0 Å². The normalized spacial score (nSPS) is 16.6. The molecule has 8 nitrogen and oxygen atoms in total. The average Bonchev–Trinajstić information content (AvgIpc) is 3.16. The Morgan fingerprint density at radius 3 is 1.92 bits per heavy atom. The molecule has 0 unspecified atom stereocenters. The van der Waals surface area contributed by atoms with Gasteiger partial charge in [0.05, 0.1) is 13.2 Å². The van der Waals surface area contributed by atoms with Gasteiger partial charge in [-0.2, -0.15) is 0 Å².